The fourth-order valence-corrected chi connectivity index (χ4v) is 3.07. The van der Waals surface area contributed by atoms with Gasteiger partial charge in [0.05, 0.1) is 5.69 Å². The van der Waals surface area contributed by atoms with Gasteiger partial charge in [0, 0.05) is 0 Å². The minimum absolute atomic E-state index is 0.0717. The van der Waals surface area contributed by atoms with Crippen LogP contribution >= 0.6 is 12.2 Å². The zero-order valence-corrected chi connectivity index (χ0v) is 15.6. The first kappa shape index (κ1) is 18.0. The first-order valence-electron chi connectivity index (χ1n) is 8.62. The van der Waals surface area contributed by atoms with Crippen LogP contribution in [0.4, 0.5) is 5.69 Å². The van der Waals surface area contributed by atoms with Crippen molar-refractivity contribution in [3.63, 3.8) is 0 Å². The number of anilines is 1. The van der Waals surface area contributed by atoms with Gasteiger partial charge in [-0.15, -0.1) is 0 Å². The topological polar surface area (TPSA) is 49.4 Å². The van der Waals surface area contributed by atoms with Gasteiger partial charge >= 0.3 is 0 Å². The Balaban J connectivity index is 1.95. The summed E-state index contributed by atoms with van der Waals surface area (Å²) in [4.78, 5) is 26.6. The summed E-state index contributed by atoms with van der Waals surface area (Å²) in [5.41, 5.74) is 3.88. The quantitative estimate of drug-likeness (QED) is 0.512. The number of carbonyl (C=O) groups excluding carboxylic acids is 2. The second-order valence-corrected chi connectivity index (χ2v) is 6.46. The maximum atomic E-state index is 12.9. The molecule has 0 aliphatic carbocycles. The average Bonchev–Trinajstić information content (AvgIpc) is 2.66. The Hall–Kier alpha value is -2.79. The predicted molar refractivity (Wildman–Crippen MR) is 108 cm³/mol. The van der Waals surface area contributed by atoms with E-state index in [9.17, 15) is 9.59 Å². The summed E-state index contributed by atoms with van der Waals surface area (Å²) in [5.74, 6) is -0.886. The van der Waals surface area contributed by atoms with Crippen molar-refractivity contribution in [1.29, 1.82) is 0 Å². The van der Waals surface area contributed by atoms with Gasteiger partial charge in [-0.1, -0.05) is 50.2 Å². The van der Waals surface area contributed by atoms with Gasteiger partial charge in [-0.25, -0.2) is 0 Å². The van der Waals surface area contributed by atoms with Gasteiger partial charge in [-0.05, 0) is 60.0 Å². The van der Waals surface area contributed by atoms with Crippen molar-refractivity contribution in [3.05, 3.63) is 70.8 Å². The second kappa shape index (κ2) is 7.62. The summed E-state index contributed by atoms with van der Waals surface area (Å²) in [5, 5.41) is 2.71. The number of benzene rings is 2. The Kier molecular flexibility index (Phi) is 5.28. The summed E-state index contributed by atoms with van der Waals surface area (Å²) in [6.45, 7) is 4.14. The van der Waals surface area contributed by atoms with Gasteiger partial charge < -0.3 is 0 Å². The van der Waals surface area contributed by atoms with Crippen LogP contribution in [-0.2, 0) is 22.4 Å². The van der Waals surface area contributed by atoms with Gasteiger partial charge in [0.2, 0.25) is 0 Å². The predicted octanol–water partition coefficient (Wildman–Crippen LogP) is 3.64. The minimum Gasteiger partial charge on any atom is -0.298 e. The van der Waals surface area contributed by atoms with Crippen molar-refractivity contribution in [2.45, 2.75) is 26.7 Å². The Labute approximate surface area is 158 Å². The molecule has 0 radical (unpaired) electrons. The molecule has 26 heavy (non-hydrogen) atoms. The second-order valence-electron chi connectivity index (χ2n) is 6.07. The number of amides is 2. The molecule has 2 aromatic carbocycles. The van der Waals surface area contributed by atoms with E-state index >= 15 is 0 Å². The maximum absolute atomic E-state index is 12.9. The molecular weight excluding hydrogens is 344 g/mol. The highest BCUT2D eigenvalue weighted by Crippen LogP contribution is 2.22. The number of carbonyl (C=O) groups is 2. The van der Waals surface area contributed by atoms with Gasteiger partial charge in [-0.2, -0.15) is 0 Å². The number of nitrogens with zero attached hydrogens (tertiary/aromatic N) is 1. The fraction of sp³-hybridized carbons (Fsp3) is 0.190. The molecule has 0 unspecified atom stereocenters. The van der Waals surface area contributed by atoms with E-state index in [1.165, 1.54) is 16.0 Å². The molecule has 132 valence electrons. The van der Waals surface area contributed by atoms with E-state index in [1.54, 1.807) is 6.08 Å². The normalized spacial score (nSPS) is 16.2. The first-order chi connectivity index (χ1) is 12.5. The molecule has 3 rings (SSSR count). The maximum Gasteiger partial charge on any atom is 0.270 e. The smallest absolute Gasteiger partial charge is 0.270 e. The molecule has 5 heteroatoms. The Morgan fingerprint density at radius 1 is 0.923 bits per heavy atom. The van der Waals surface area contributed by atoms with Crippen LogP contribution in [0.2, 0.25) is 0 Å². The molecule has 2 amide bonds. The van der Waals surface area contributed by atoms with E-state index < -0.39 is 11.8 Å². The molecular formula is C21H20N2O2S. The molecule has 0 saturated carbocycles. The van der Waals surface area contributed by atoms with E-state index in [-0.39, 0.29) is 10.7 Å². The number of nitrogens with one attached hydrogen (secondary N) is 1. The molecule has 0 spiro atoms. The standard InChI is InChI=1S/C21H20N2O2S/c1-3-14-5-7-16(8-6-14)13-18-19(24)22-21(26)23(20(18)25)17-11-9-15(4-2)10-12-17/h5-13H,3-4H2,1-2H3,(H,22,24,26)/b18-13+. The van der Waals surface area contributed by atoms with Gasteiger partial charge in [-0.3, -0.25) is 19.8 Å². The molecule has 1 aliphatic rings. The summed E-state index contributed by atoms with van der Waals surface area (Å²) in [6, 6.07) is 15.4. The van der Waals surface area contributed by atoms with Gasteiger partial charge in [0.25, 0.3) is 11.8 Å². The summed E-state index contributed by atoms with van der Waals surface area (Å²) < 4.78 is 0. The molecule has 1 heterocycles. The van der Waals surface area contributed by atoms with Crippen LogP contribution in [0.3, 0.4) is 0 Å². The number of aryl methyl sites for hydroxylation is 2. The van der Waals surface area contributed by atoms with Gasteiger partial charge in [0.1, 0.15) is 5.57 Å². The van der Waals surface area contributed by atoms with Crippen LogP contribution in [-0.4, -0.2) is 16.9 Å². The van der Waals surface area contributed by atoms with Crippen molar-refractivity contribution in [3.8, 4) is 0 Å². The summed E-state index contributed by atoms with van der Waals surface area (Å²) in [6.07, 6.45) is 3.45. The van der Waals surface area contributed by atoms with Gasteiger partial charge in [0.15, 0.2) is 5.11 Å². The Bertz CT molecular complexity index is 883. The monoisotopic (exact) mass is 364 g/mol. The third-order valence-corrected chi connectivity index (χ3v) is 4.69. The van der Waals surface area contributed by atoms with E-state index in [0.717, 1.165) is 18.4 Å². The van der Waals surface area contributed by atoms with Crippen LogP contribution in [0.1, 0.15) is 30.5 Å². The third-order valence-electron chi connectivity index (χ3n) is 4.40. The molecule has 0 atom stereocenters. The van der Waals surface area contributed by atoms with Crippen molar-refractivity contribution >= 4 is 40.9 Å². The lowest BCUT2D eigenvalue weighted by atomic mass is 10.0. The van der Waals surface area contributed by atoms with E-state index in [0.29, 0.717) is 5.69 Å². The molecule has 2 aromatic rings. The lowest BCUT2D eigenvalue weighted by molar-refractivity contribution is -0.122. The van der Waals surface area contributed by atoms with Crippen LogP contribution in [0.15, 0.2) is 54.1 Å². The van der Waals surface area contributed by atoms with E-state index in [4.69, 9.17) is 12.2 Å². The number of rotatable bonds is 4. The van der Waals surface area contributed by atoms with Crippen LogP contribution in [0.25, 0.3) is 6.08 Å². The van der Waals surface area contributed by atoms with E-state index in [1.807, 2.05) is 48.5 Å². The van der Waals surface area contributed by atoms with Crippen molar-refractivity contribution < 1.29 is 9.59 Å². The van der Waals surface area contributed by atoms with Crippen molar-refractivity contribution in [2.24, 2.45) is 0 Å². The molecule has 4 nitrogen and oxygen atoms in total. The molecule has 1 saturated heterocycles. The SMILES string of the molecule is CCc1ccc(/C=C2\C(=O)NC(=S)N(c3ccc(CC)cc3)C2=O)cc1. The fourth-order valence-electron chi connectivity index (χ4n) is 2.79. The molecule has 1 fully saturated rings. The number of hydrogen-bond acceptors (Lipinski definition) is 3. The zero-order valence-electron chi connectivity index (χ0n) is 14.8. The molecule has 1 N–H and O–H groups in total. The summed E-state index contributed by atoms with van der Waals surface area (Å²) >= 11 is 5.22. The zero-order chi connectivity index (χ0) is 18.7. The number of thiocarbonyl (C=S) groups is 1. The van der Waals surface area contributed by atoms with Crippen molar-refractivity contribution in [1.82, 2.24) is 5.32 Å². The first-order valence-corrected chi connectivity index (χ1v) is 9.03. The highest BCUT2D eigenvalue weighted by molar-refractivity contribution is 7.80. The van der Waals surface area contributed by atoms with Crippen LogP contribution in [0.5, 0.6) is 0 Å². The lowest BCUT2D eigenvalue weighted by Gasteiger charge is -2.29. The summed E-state index contributed by atoms with van der Waals surface area (Å²) in [7, 11) is 0. The highest BCUT2D eigenvalue weighted by Gasteiger charge is 2.34. The molecule has 0 bridgehead atoms. The van der Waals surface area contributed by atoms with Crippen molar-refractivity contribution in [2.75, 3.05) is 4.90 Å². The largest absolute Gasteiger partial charge is 0.298 e. The lowest BCUT2D eigenvalue weighted by Crippen LogP contribution is -2.54. The van der Waals surface area contributed by atoms with Crippen LogP contribution in [0, 0.1) is 0 Å². The minimum atomic E-state index is -0.471. The highest BCUT2D eigenvalue weighted by atomic mass is 32.1. The Morgan fingerprint density at radius 2 is 1.46 bits per heavy atom. The van der Waals surface area contributed by atoms with E-state index in [2.05, 4.69) is 19.2 Å². The molecule has 0 aromatic heterocycles. The third kappa shape index (κ3) is 3.58. The molecule has 1 aliphatic heterocycles. The Morgan fingerprint density at radius 3 is 2.00 bits per heavy atom. The van der Waals surface area contributed by atoms with Crippen LogP contribution < -0.4 is 10.2 Å². The number of hydrogen-bond donors (Lipinski definition) is 1. The average molecular weight is 364 g/mol.